The van der Waals surface area contributed by atoms with Crippen LogP contribution >= 0.6 is 0 Å². The molecule has 0 unspecified atom stereocenters. The molecule has 0 aromatic heterocycles. The summed E-state index contributed by atoms with van der Waals surface area (Å²) in [6, 6.07) is 7.19. The lowest BCUT2D eigenvalue weighted by Gasteiger charge is -2.33. The highest BCUT2D eigenvalue weighted by Crippen LogP contribution is 2.36. The number of amides is 3. The van der Waals surface area contributed by atoms with Gasteiger partial charge in [-0.1, -0.05) is 19.1 Å². The summed E-state index contributed by atoms with van der Waals surface area (Å²) >= 11 is 0. The number of rotatable bonds is 3. The lowest BCUT2D eigenvalue weighted by Crippen LogP contribution is -2.49. The van der Waals surface area contributed by atoms with Gasteiger partial charge in [0.25, 0.3) is 5.91 Å². The number of nitrogens with one attached hydrogen (secondary N) is 1. The van der Waals surface area contributed by atoms with Crippen molar-refractivity contribution < 1.29 is 14.3 Å². The second kappa shape index (κ2) is 5.63. The molecule has 2 fully saturated rings. The van der Waals surface area contributed by atoms with Gasteiger partial charge in [0.05, 0.1) is 13.7 Å². The minimum Gasteiger partial charge on any atom is -0.497 e. The third kappa shape index (κ3) is 2.56. The molecule has 1 aromatic carbocycles. The van der Waals surface area contributed by atoms with Gasteiger partial charge in [-0.25, -0.2) is 4.79 Å². The third-order valence-electron chi connectivity index (χ3n) is 4.85. The van der Waals surface area contributed by atoms with Crippen LogP contribution in [0.25, 0.3) is 0 Å². The maximum atomic E-state index is 12.8. The van der Waals surface area contributed by atoms with Crippen LogP contribution in [0.4, 0.5) is 4.79 Å². The normalized spacial score (nSPS) is 28.1. The number of hydrogen-bond acceptors (Lipinski definition) is 3. The van der Waals surface area contributed by atoms with Gasteiger partial charge in [-0.15, -0.1) is 0 Å². The average molecular weight is 302 g/mol. The Morgan fingerprint density at radius 1 is 1.32 bits per heavy atom. The Kier molecular flexibility index (Phi) is 3.81. The second-order valence-corrected chi connectivity index (χ2v) is 6.44. The van der Waals surface area contributed by atoms with E-state index in [0.717, 1.165) is 37.0 Å². The summed E-state index contributed by atoms with van der Waals surface area (Å²) in [4.78, 5) is 26.4. The van der Waals surface area contributed by atoms with E-state index < -0.39 is 5.54 Å². The first-order chi connectivity index (χ1) is 10.5. The molecule has 118 valence electrons. The van der Waals surface area contributed by atoms with Crippen molar-refractivity contribution in [2.45, 2.75) is 44.7 Å². The fourth-order valence-corrected chi connectivity index (χ4v) is 3.37. The molecule has 1 saturated carbocycles. The molecular formula is C17H22N2O3. The van der Waals surface area contributed by atoms with E-state index in [0.29, 0.717) is 12.5 Å². The summed E-state index contributed by atoms with van der Waals surface area (Å²) in [6.45, 7) is 2.49. The number of imide groups is 1. The third-order valence-corrected chi connectivity index (χ3v) is 4.85. The highest BCUT2D eigenvalue weighted by Gasteiger charge is 2.51. The minimum absolute atomic E-state index is 0.0766. The quantitative estimate of drug-likeness (QED) is 0.873. The van der Waals surface area contributed by atoms with E-state index in [9.17, 15) is 9.59 Å². The minimum atomic E-state index is -0.664. The van der Waals surface area contributed by atoms with E-state index in [1.165, 1.54) is 4.90 Å². The zero-order chi connectivity index (χ0) is 15.7. The molecule has 1 aliphatic heterocycles. The van der Waals surface area contributed by atoms with Gasteiger partial charge in [0.15, 0.2) is 0 Å². The lowest BCUT2D eigenvalue weighted by molar-refractivity contribution is -0.133. The van der Waals surface area contributed by atoms with Gasteiger partial charge < -0.3 is 10.1 Å². The van der Waals surface area contributed by atoms with Gasteiger partial charge in [-0.3, -0.25) is 9.69 Å². The molecule has 2 aliphatic rings. The van der Waals surface area contributed by atoms with Crippen molar-refractivity contribution in [1.82, 2.24) is 10.2 Å². The van der Waals surface area contributed by atoms with Crippen LogP contribution in [0.1, 0.15) is 38.2 Å². The molecule has 0 bridgehead atoms. The molecule has 1 aromatic rings. The monoisotopic (exact) mass is 302 g/mol. The van der Waals surface area contributed by atoms with Crippen LogP contribution in [-0.4, -0.2) is 29.5 Å². The molecule has 1 saturated heterocycles. The smallest absolute Gasteiger partial charge is 0.325 e. The largest absolute Gasteiger partial charge is 0.497 e. The van der Waals surface area contributed by atoms with Gasteiger partial charge >= 0.3 is 6.03 Å². The lowest BCUT2D eigenvalue weighted by atomic mass is 9.77. The highest BCUT2D eigenvalue weighted by atomic mass is 16.5. The summed E-state index contributed by atoms with van der Waals surface area (Å²) in [5.41, 5.74) is 0.228. The first-order valence-electron chi connectivity index (χ1n) is 7.81. The molecule has 22 heavy (non-hydrogen) atoms. The van der Waals surface area contributed by atoms with E-state index in [4.69, 9.17) is 4.74 Å². The molecule has 3 amide bonds. The van der Waals surface area contributed by atoms with Crippen molar-refractivity contribution in [3.63, 3.8) is 0 Å². The molecule has 1 spiro atoms. The summed E-state index contributed by atoms with van der Waals surface area (Å²) in [5.74, 6) is 1.28. The Morgan fingerprint density at radius 3 is 2.73 bits per heavy atom. The van der Waals surface area contributed by atoms with Crippen molar-refractivity contribution >= 4 is 11.9 Å². The predicted octanol–water partition coefficient (Wildman–Crippen LogP) is 2.70. The van der Waals surface area contributed by atoms with Crippen molar-refractivity contribution in [1.29, 1.82) is 0 Å². The standard InChI is InChI=1S/C17H22N2O3/c1-12-6-8-17(9-7-12)15(20)19(16(21)18-17)11-13-4-3-5-14(10-13)22-2/h3-5,10,12H,6-9,11H2,1-2H3,(H,18,21). The van der Waals surface area contributed by atoms with E-state index >= 15 is 0 Å². The van der Waals surface area contributed by atoms with E-state index in [2.05, 4.69) is 12.2 Å². The molecule has 5 nitrogen and oxygen atoms in total. The van der Waals surface area contributed by atoms with Crippen LogP contribution in [0.15, 0.2) is 24.3 Å². The number of ether oxygens (including phenoxy) is 1. The Labute approximate surface area is 130 Å². The van der Waals surface area contributed by atoms with Gasteiger partial charge in [-0.2, -0.15) is 0 Å². The van der Waals surface area contributed by atoms with Crippen LogP contribution in [0.2, 0.25) is 0 Å². The molecule has 1 heterocycles. The molecule has 3 rings (SSSR count). The van der Waals surface area contributed by atoms with Crippen LogP contribution in [-0.2, 0) is 11.3 Å². The van der Waals surface area contributed by atoms with Crippen molar-refractivity contribution in [2.24, 2.45) is 5.92 Å². The fraction of sp³-hybridized carbons (Fsp3) is 0.529. The van der Waals surface area contributed by atoms with Crippen LogP contribution in [0, 0.1) is 5.92 Å². The Hall–Kier alpha value is -2.04. The topological polar surface area (TPSA) is 58.6 Å². The number of benzene rings is 1. The van der Waals surface area contributed by atoms with Crippen molar-refractivity contribution in [3.8, 4) is 5.75 Å². The molecular weight excluding hydrogens is 280 g/mol. The van der Waals surface area contributed by atoms with Crippen molar-refractivity contribution in [3.05, 3.63) is 29.8 Å². The number of carbonyl (C=O) groups excluding carboxylic acids is 2. The van der Waals surface area contributed by atoms with Crippen LogP contribution < -0.4 is 10.1 Å². The van der Waals surface area contributed by atoms with Gasteiger partial charge in [0.2, 0.25) is 0 Å². The maximum Gasteiger partial charge on any atom is 0.325 e. The second-order valence-electron chi connectivity index (χ2n) is 6.44. The number of hydrogen-bond donors (Lipinski definition) is 1. The SMILES string of the molecule is COc1cccc(CN2C(=O)NC3(CCC(C)CC3)C2=O)c1. The Morgan fingerprint density at radius 2 is 2.05 bits per heavy atom. The number of nitrogens with zero attached hydrogens (tertiary/aromatic N) is 1. The number of carbonyl (C=O) groups is 2. The summed E-state index contributed by atoms with van der Waals surface area (Å²) in [7, 11) is 1.60. The first-order valence-corrected chi connectivity index (χ1v) is 7.81. The summed E-state index contributed by atoms with van der Waals surface area (Å²) in [6.07, 6.45) is 3.46. The van der Waals surface area contributed by atoms with Crippen LogP contribution in [0.3, 0.4) is 0 Å². The van der Waals surface area contributed by atoms with E-state index in [-0.39, 0.29) is 11.9 Å². The average Bonchev–Trinajstić information content (AvgIpc) is 2.75. The number of methoxy groups -OCH3 is 1. The summed E-state index contributed by atoms with van der Waals surface area (Å²) < 4.78 is 5.19. The molecule has 1 aliphatic carbocycles. The highest BCUT2D eigenvalue weighted by molar-refractivity contribution is 6.07. The van der Waals surface area contributed by atoms with Gasteiger partial charge in [-0.05, 0) is 49.3 Å². The maximum absolute atomic E-state index is 12.8. The van der Waals surface area contributed by atoms with E-state index in [1.54, 1.807) is 7.11 Å². The predicted molar refractivity (Wildman–Crippen MR) is 82.4 cm³/mol. The van der Waals surface area contributed by atoms with Gasteiger partial charge in [0, 0.05) is 0 Å². The first kappa shape index (κ1) is 14.9. The van der Waals surface area contributed by atoms with Gasteiger partial charge in [0.1, 0.15) is 11.3 Å². The molecule has 0 radical (unpaired) electrons. The zero-order valence-corrected chi connectivity index (χ0v) is 13.1. The molecule has 0 atom stereocenters. The Balaban J connectivity index is 1.77. The fourth-order valence-electron chi connectivity index (χ4n) is 3.37. The zero-order valence-electron chi connectivity index (χ0n) is 13.1. The number of urea groups is 1. The molecule has 5 heteroatoms. The summed E-state index contributed by atoms with van der Waals surface area (Å²) in [5, 5.41) is 2.94. The van der Waals surface area contributed by atoms with Crippen LogP contribution in [0.5, 0.6) is 5.75 Å². The Bertz CT molecular complexity index is 591. The van der Waals surface area contributed by atoms with Crippen molar-refractivity contribution in [2.75, 3.05) is 7.11 Å². The molecule has 1 N–H and O–H groups in total. The van der Waals surface area contributed by atoms with E-state index in [1.807, 2.05) is 24.3 Å².